The molecule has 1 aliphatic heterocycles. The fourth-order valence-electron chi connectivity index (χ4n) is 3.21. The number of carbonyl (C=O) groups excluding carboxylic acids is 1. The largest absolute Gasteiger partial charge is 0.324 e. The molecule has 20 heavy (non-hydrogen) atoms. The zero-order valence-corrected chi connectivity index (χ0v) is 12.9. The van der Waals surface area contributed by atoms with E-state index >= 15 is 0 Å². The van der Waals surface area contributed by atoms with E-state index in [-0.39, 0.29) is 11.9 Å². The van der Waals surface area contributed by atoms with Gasteiger partial charge < -0.3 is 10.6 Å². The molecular weight excluding hydrogens is 248 g/mol. The van der Waals surface area contributed by atoms with Crippen molar-refractivity contribution in [3.63, 3.8) is 0 Å². The maximum atomic E-state index is 11.7. The first-order valence-electron chi connectivity index (χ1n) is 7.73. The maximum Gasteiger partial charge on any atom is 0.231 e. The summed E-state index contributed by atoms with van der Waals surface area (Å²) < 4.78 is 0. The van der Waals surface area contributed by atoms with Crippen LogP contribution >= 0.6 is 0 Å². The van der Waals surface area contributed by atoms with E-state index in [1.807, 2.05) is 13.1 Å². The van der Waals surface area contributed by atoms with Gasteiger partial charge in [-0.25, -0.2) is 0 Å². The molecule has 1 aliphatic rings. The van der Waals surface area contributed by atoms with Crippen LogP contribution in [0.5, 0.6) is 0 Å². The van der Waals surface area contributed by atoms with E-state index in [1.165, 1.54) is 31.2 Å². The van der Waals surface area contributed by atoms with Crippen molar-refractivity contribution >= 4 is 11.6 Å². The molecule has 1 unspecified atom stereocenters. The minimum atomic E-state index is 0.0845. The van der Waals surface area contributed by atoms with E-state index in [0.717, 1.165) is 11.3 Å². The van der Waals surface area contributed by atoms with Crippen LogP contribution in [0.3, 0.4) is 0 Å². The Kier molecular flexibility index (Phi) is 4.81. The van der Waals surface area contributed by atoms with Gasteiger partial charge in [0.25, 0.3) is 0 Å². The highest BCUT2D eigenvalue weighted by atomic mass is 16.2. The van der Waals surface area contributed by atoms with Crippen LogP contribution in [0.1, 0.15) is 56.7 Å². The smallest absolute Gasteiger partial charge is 0.231 e. The molecule has 1 aromatic carbocycles. The summed E-state index contributed by atoms with van der Waals surface area (Å²) in [4.78, 5) is 13.5. The molecule has 1 amide bonds. The number of carbonyl (C=O) groups is 1. The highest BCUT2D eigenvalue weighted by molar-refractivity contribution is 6.00. The molecule has 110 valence electrons. The van der Waals surface area contributed by atoms with Crippen LogP contribution < -0.4 is 10.6 Å². The first kappa shape index (κ1) is 15.0. The molecule has 0 saturated heterocycles. The van der Waals surface area contributed by atoms with E-state index in [0.29, 0.717) is 12.3 Å². The molecule has 0 spiro atoms. The average molecular weight is 274 g/mol. The van der Waals surface area contributed by atoms with Crippen molar-refractivity contribution < 1.29 is 4.79 Å². The lowest BCUT2D eigenvalue weighted by Crippen LogP contribution is -2.22. The molecule has 0 bridgehead atoms. The van der Waals surface area contributed by atoms with Gasteiger partial charge in [0.1, 0.15) is 0 Å². The molecule has 3 nitrogen and oxygen atoms in total. The summed E-state index contributed by atoms with van der Waals surface area (Å²) in [7, 11) is 1.84. The second-order valence-corrected chi connectivity index (χ2v) is 5.88. The third kappa shape index (κ3) is 2.88. The average Bonchev–Trinajstić information content (AvgIpc) is 2.72. The first-order valence-corrected chi connectivity index (χ1v) is 7.73. The predicted molar refractivity (Wildman–Crippen MR) is 83.8 cm³/mol. The molecule has 2 rings (SSSR count). The lowest BCUT2D eigenvalue weighted by Gasteiger charge is -2.24. The van der Waals surface area contributed by atoms with Crippen molar-refractivity contribution in [1.29, 1.82) is 0 Å². The third-order valence-electron chi connectivity index (χ3n) is 4.39. The third-order valence-corrected chi connectivity index (χ3v) is 4.39. The highest BCUT2D eigenvalue weighted by Gasteiger charge is 2.26. The molecule has 1 heterocycles. The van der Waals surface area contributed by atoms with Crippen LogP contribution in [0.2, 0.25) is 0 Å². The molecule has 1 aromatic rings. The zero-order chi connectivity index (χ0) is 14.7. The van der Waals surface area contributed by atoms with Crippen LogP contribution in [0, 0.1) is 5.92 Å². The van der Waals surface area contributed by atoms with Crippen LogP contribution in [0.4, 0.5) is 5.69 Å². The summed E-state index contributed by atoms with van der Waals surface area (Å²) in [6.07, 6.45) is 5.20. The number of amides is 1. The normalized spacial score (nSPS) is 15.8. The molecule has 1 atom stereocenters. The number of nitrogens with two attached hydrogens (primary N) is 1. The van der Waals surface area contributed by atoms with E-state index in [9.17, 15) is 4.79 Å². The van der Waals surface area contributed by atoms with Crippen molar-refractivity contribution in [2.24, 2.45) is 11.7 Å². The van der Waals surface area contributed by atoms with Crippen LogP contribution in [-0.4, -0.2) is 13.0 Å². The predicted octanol–water partition coefficient (Wildman–Crippen LogP) is 3.42. The van der Waals surface area contributed by atoms with E-state index in [4.69, 9.17) is 5.73 Å². The number of likely N-dealkylation sites (N-methyl/N-ethyl adjacent to an activating group) is 1. The lowest BCUT2D eigenvalue weighted by molar-refractivity contribution is -0.117. The fraction of sp³-hybridized carbons (Fsp3) is 0.588. The van der Waals surface area contributed by atoms with E-state index in [2.05, 4.69) is 26.0 Å². The number of nitrogens with zero attached hydrogens (tertiary/aromatic N) is 1. The Bertz CT molecular complexity index is 478. The summed E-state index contributed by atoms with van der Waals surface area (Å²) >= 11 is 0. The Morgan fingerprint density at radius 1 is 1.25 bits per heavy atom. The lowest BCUT2D eigenvalue weighted by atomic mass is 9.86. The topological polar surface area (TPSA) is 46.3 Å². The SMILES string of the molecule is CCCC(CCC)C(N)c1ccc2c(c1)CC(=O)N2C. The molecule has 0 saturated carbocycles. The maximum absolute atomic E-state index is 11.7. The second-order valence-electron chi connectivity index (χ2n) is 5.88. The monoisotopic (exact) mass is 274 g/mol. The minimum Gasteiger partial charge on any atom is -0.324 e. The van der Waals surface area contributed by atoms with Crippen molar-refractivity contribution in [2.45, 2.75) is 52.0 Å². The standard InChI is InChI=1S/C17H26N2O/c1-4-6-12(7-5-2)17(18)13-8-9-15-14(10-13)11-16(20)19(15)3/h8-10,12,17H,4-7,11,18H2,1-3H3. The molecule has 0 aliphatic carbocycles. The van der Waals surface area contributed by atoms with Crippen molar-refractivity contribution in [2.75, 3.05) is 11.9 Å². The van der Waals surface area contributed by atoms with E-state index < -0.39 is 0 Å². The quantitative estimate of drug-likeness (QED) is 0.864. The number of hydrogen-bond donors (Lipinski definition) is 1. The fourth-order valence-corrected chi connectivity index (χ4v) is 3.21. The van der Waals surface area contributed by atoms with Crippen LogP contribution in [0.15, 0.2) is 18.2 Å². The van der Waals surface area contributed by atoms with Crippen molar-refractivity contribution in [1.82, 2.24) is 0 Å². The van der Waals surface area contributed by atoms with Gasteiger partial charge in [0.15, 0.2) is 0 Å². The van der Waals surface area contributed by atoms with Crippen LogP contribution in [0.25, 0.3) is 0 Å². The number of fused-ring (bicyclic) bond motifs is 1. The van der Waals surface area contributed by atoms with Gasteiger partial charge in [0.2, 0.25) is 5.91 Å². The Balaban J connectivity index is 2.21. The van der Waals surface area contributed by atoms with Gasteiger partial charge >= 0.3 is 0 Å². The van der Waals surface area contributed by atoms with Crippen molar-refractivity contribution in [3.8, 4) is 0 Å². The van der Waals surface area contributed by atoms with Gasteiger partial charge in [0.05, 0.1) is 6.42 Å². The minimum absolute atomic E-state index is 0.0845. The number of rotatable bonds is 6. The molecule has 0 aromatic heterocycles. The Hall–Kier alpha value is -1.35. The van der Waals surface area contributed by atoms with Gasteiger partial charge in [-0.3, -0.25) is 4.79 Å². The van der Waals surface area contributed by atoms with Gasteiger partial charge in [0, 0.05) is 18.8 Å². The summed E-state index contributed by atoms with van der Waals surface area (Å²) in [5.41, 5.74) is 9.81. The Labute approximate surface area is 122 Å². The summed E-state index contributed by atoms with van der Waals surface area (Å²) in [5.74, 6) is 0.710. The Morgan fingerprint density at radius 2 is 1.90 bits per heavy atom. The van der Waals surface area contributed by atoms with Gasteiger partial charge in [-0.1, -0.05) is 38.8 Å². The van der Waals surface area contributed by atoms with E-state index in [1.54, 1.807) is 4.90 Å². The molecule has 3 heteroatoms. The number of anilines is 1. The highest BCUT2D eigenvalue weighted by Crippen LogP contribution is 2.33. The van der Waals surface area contributed by atoms with Gasteiger partial charge in [-0.05, 0) is 36.0 Å². The van der Waals surface area contributed by atoms with Crippen molar-refractivity contribution in [3.05, 3.63) is 29.3 Å². The summed E-state index contributed by atoms with van der Waals surface area (Å²) in [5, 5.41) is 0. The molecule has 2 N–H and O–H groups in total. The molecule has 0 radical (unpaired) electrons. The number of hydrogen-bond acceptors (Lipinski definition) is 2. The molecular formula is C17H26N2O. The summed E-state index contributed by atoms with van der Waals surface area (Å²) in [6, 6.07) is 6.36. The second kappa shape index (κ2) is 6.40. The summed E-state index contributed by atoms with van der Waals surface area (Å²) in [6.45, 7) is 4.43. The van der Waals surface area contributed by atoms with Gasteiger partial charge in [-0.15, -0.1) is 0 Å². The first-order chi connectivity index (χ1) is 9.58. The van der Waals surface area contributed by atoms with Crippen LogP contribution in [-0.2, 0) is 11.2 Å². The molecule has 0 fully saturated rings. The Morgan fingerprint density at radius 3 is 2.50 bits per heavy atom. The number of benzene rings is 1. The zero-order valence-electron chi connectivity index (χ0n) is 12.9. The van der Waals surface area contributed by atoms with Gasteiger partial charge in [-0.2, -0.15) is 0 Å².